The van der Waals surface area contributed by atoms with Crippen molar-refractivity contribution in [3.63, 3.8) is 0 Å². The lowest BCUT2D eigenvalue weighted by molar-refractivity contribution is -0.141. The van der Waals surface area contributed by atoms with Crippen LogP contribution in [0.25, 0.3) is 0 Å². The quantitative estimate of drug-likeness (QED) is 0.861. The van der Waals surface area contributed by atoms with E-state index < -0.39 is 21.9 Å². The molecule has 0 amide bonds. The molecule has 1 aromatic carbocycles. The van der Waals surface area contributed by atoms with Crippen molar-refractivity contribution < 1.29 is 18.3 Å². The number of sulfonamides is 1. The third kappa shape index (κ3) is 3.39. The number of hydrogen-bond acceptors (Lipinski definition) is 3. The average Bonchev–Trinajstić information content (AvgIpc) is 2.80. The van der Waals surface area contributed by atoms with Gasteiger partial charge in [-0.25, -0.2) is 13.1 Å². The van der Waals surface area contributed by atoms with Crippen molar-refractivity contribution in [3.05, 3.63) is 28.2 Å². The number of aryl methyl sites for hydroxylation is 1. The van der Waals surface area contributed by atoms with Crippen LogP contribution >= 0.6 is 15.9 Å². The van der Waals surface area contributed by atoms with Crippen LogP contribution in [-0.2, 0) is 14.8 Å². The molecule has 1 fully saturated rings. The van der Waals surface area contributed by atoms with E-state index in [4.69, 9.17) is 5.11 Å². The van der Waals surface area contributed by atoms with Gasteiger partial charge in [0.05, 0.1) is 10.8 Å². The second-order valence-electron chi connectivity index (χ2n) is 5.08. The van der Waals surface area contributed by atoms with Crippen molar-refractivity contribution in [3.8, 4) is 0 Å². The summed E-state index contributed by atoms with van der Waals surface area (Å²) >= 11 is 3.26. The van der Waals surface area contributed by atoms with Crippen LogP contribution in [0, 0.1) is 12.8 Å². The topological polar surface area (TPSA) is 83.5 Å². The fraction of sp³-hybridized carbons (Fsp3) is 0.462. The van der Waals surface area contributed by atoms with E-state index in [1.807, 2.05) is 0 Å². The molecule has 20 heavy (non-hydrogen) atoms. The van der Waals surface area contributed by atoms with Crippen LogP contribution in [0.5, 0.6) is 0 Å². The van der Waals surface area contributed by atoms with Gasteiger partial charge in [0.1, 0.15) is 0 Å². The first-order valence-corrected chi connectivity index (χ1v) is 8.58. The van der Waals surface area contributed by atoms with E-state index in [2.05, 4.69) is 20.7 Å². The molecule has 5 nitrogen and oxygen atoms in total. The van der Waals surface area contributed by atoms with Crippen LogP contribution in [0.1, 0.15) is 24.8 Å². The first kappa shape index (κ1) is 15.5. The molecule has 1 aromatic rings. The van der Waals surface area contributed by atoms with Crippen LogP contribution < -0.4 is 4.72 Å². The standard InChI is InChI=1S/C13H16BrNO4S/c1-8-2-4-10(14)7-12(8)20(18,19)15-11-5-3-9(6-11)13(16)17/h2,4,7,9,11,15H,3,5-6H2,1H3,(H,16,17). The molecule has 2 atom stereocenters. The van der Waals surface area contributed by atoms with Crippen LogP contribution in [0.2, 0.25) is 0 Å². The summed E-state index contributed by atoms with van der Waals surface area (Å²) in [6.45, 7) is 1.73. The van der Waals surface area contributed by atoms with Gasteiger partial charge in [0.15, 0.2) is 0 Å². The lowest BCUT2D eigenvalue weighted by atomic mass is 10.1. The molecule has 0 heterocycles. The molecule has 0 saturated heterocycles. The summed E-state index contributed by atoms with van der Waals surface area (Å²) < 4.78 is 28.0. The van der Waals surface area contributed by atoms with E-state index in [0.717, 1.165) is 0 Å². The minimum atomic E-state index is -3.62. The molecule has 2 rings (SSSR count). The number of aliphatic carboxylic acids is 1. The zero-order valence-corrected chi connectivity index (χ0v) is 13.4. The van der Waals surface area contributed by atoms with Gasteiger partial charge in [0, 0.05) is 10.5 Å². The fourth-order valence-corrected chi connectivity index (χ4v) is 4.53. The maximum atomic E-state index is 12.4. The third-order valence-electron chi connectivity index (χ3n) is 3.54. The number of carboxylic acids is 1. The van der Waals surface area contributed by atoms with Gasteiger partial charge in [0.2, 0.25) is 10.0 Å². The van der Waals surface area contributed by atoms with Crippen molar-refractivity contribution >= 4 is 31.9 Å². The third-order valence-corrected chi connectivity index (χ3v) is 5.70. The van der Waals surface area contributed by atoms with Crippen LogP contribution in [0.15, 0.2) is 27.6 Å². The molecule has 0 bridgehead atoms. The molecule has 1 aliphatic carbocycles. The van der Waals surface area contributed by atoms with Gasteiger partial charge in [-0.05, 0) is 43.9 Å². The van der Waals surface area contributed by atoms with Gasteiger partial charge < -0.3 is 5.11 Å². The second-order valence-corrected chi connectivity index (χ2v) is 7.67. The monoisotopic (exact) mass is 361 g/mol. The lowest BCUT2D eigenvalue weighted by Crippen LogP contribution is -2.33. The Hall–Kier alpha value is -0.920. The second kappa shape index (κ2) is 5.83. The van der Waals surface area contributed by atoms with Crippen LogP contribution in [-0.4, -0.2) is 25.5 Å². The number of carboxylic acid groups (broad SMARTS) is 1. The van der Waals surface area contributed by atoms with Crippen LogP contribution in [0.4, 0.5) is 0 Å². The summed E-state index contributed by atoms with van der Waals surface area (Å²) in [7, 11) is -3.62. The van der Waals surface area contributed by atoms with E-state index in [-0.39, 0.29) is 10.9 Å². The Labute approximate surface area is 126 Å². The largest absolute Gasteiger partial charge is 0.481 e. The molecular formula is C13H16BrNO4S. The molecule has 2 unspecified atom stereocenters. The first-order valence-electron chi connectivity index (χ1n) is 6.31. The Morgan fingerprint density at radius 3 is 2.70 bits per heavy atom. The highest BCUT2D eigenvalue weighted by molar-refractivity contribution is 9.10. The van der Waals surface area contributed by atoms with Gasteiger partial charge in [0.25, 0.3) is 0 Å². The van der Waals surface area contributed by atoms with E-state index in [1.165, 1.54) is 0 Å². The van der Waals surface area contributed by atoms with Crippen molar-refractivity contribution in [1.82, 2.24) is 4.72 Å². The maximum absolute atomic E-state index is 12.4. The summed E-state index contributed by atoms with van der Waals surface area (Å²) in [4.78, 5) is 11.1. The van der Waals surface area contributed by atoms with Crippen molar-refractivity contribution in [2.75, 3.05) is 0 Å². The predicted octanol–water partition coefficient (Wildman–Crippen LogP) is 2.29. The highest BCUT2D eigenvalue weighted by Crippen LogP contribution is 2.28. The maximum Gasteiger partial charge on any atom is 0.306 e. The molecule has 7 heteroatoms. The van der Waals surface area contributed by atoms with Crippen molar-refractivity contribution in [2.24, 2.45) is 5.92 Å². The molecule has 0 aliphatic heterocycles. The normalized spacial score (nSPS) is 22.9. The van der Waals surface area contributed by atoms with Gasteiger partial charge >= 0.3 is 5.97 Å². The molecule has 1 aliphatic rings. The van der Waals surface area contributed by atoms with Gasteiger partial charge in [-0.3, -0.25) is 4.79 Å². The number of carbonyl (C=O) groups is 1. The summed E-state index contributed by atoms with van der Waals surface area (Å²) in [6, 6.07) is 4.76. The molecule has 2 N–H and O–H groups in total. The minimum Gasteiger partial charge on any atom is -0.481 e. The molecular weight excluding hydrogens is 346 g/mol. The molecule has 0 radical (unpaired) electrons. The minimum absolute atomic E-state index is 0.227. The van der Waals surface area contributed by atoms with E-state index in [9.17, 15) is 13.2 Å². The first-order chi connectivity index (χ1) is 9.29. The smallest absolute Gasteiger partial charge is 0.306 e. The lowest BCUT2D eigenvalue weighted by Gasteiger charge is -2.14. The summed E-state index contributed by atoms with van der Waals surface area (Å²) in [6.07, 6.45) is 1.42. The number of benzene rings is 1. The fourth-order valence-electron chi connectivity index (χ4n) is 2.46. The molecule has 0 aromatic heterocycles. The Bertz CT molecular complexity index is 629. The Morgan fingerprint density at radius 1 is 1.40 bits per heavy atom. The van der Waals surface area contributed by atoms with Gasteiger partial charge in [-0.1, -0.05) is 22.0 Å². The van der Waals surface area contributed by atoms with Crippen molar-refractivity contribution in [1.29, 1.82) is 0 Å². The Balaban J connectivity index is 2.16. The zero-order valence-electron chi connectivity index (χ0n) is 11.0. The van der Waals surface area contributed by atoms with Gasteiger partial charge in [-0.2, -0.15) is 0 Å². The molecule has 0 spiro atoms. The van der Waals surface area contributed by atoms with E-state index in [0.29, 0.717) is 29.3 Å². The number of halogens is 1. The average molecular weight is 362 g/mol. The molecule has 1 saturated carbocycles. The van der Waals surface area contributed by atoms with Crippen LogP contribution in [0.3, 0.4) is 0 Å². The van der Waals surface area contributed by atoms with E-state index >= 15 is 0 Å². The number of nitrogens with one attached hydrogen (secondary N) is 1. The SMILES string of the molecule is Cc1ccc(Br)cc1S(=O)(=O)NC1CCC(C(=O)O)C1. The highest BCUT2D eigenvalue weighted by atomic mass is 79.9. The zero-order chi connectivity index (χ0) is 14.9. The summed E-state index contributed by atoms with van der Waals surface area (Å²) in [5.74, 6) is -1.31. The number of hydrogen-bond donors (Lipinski definition) is 2. The Kier molecular flexibility index (Phi) is 4.51. The summed E-state index contributed by atoms with van der Waals surface area (Å²) in [5.41, 5.74) is 0.661. The highest BCUT2D eigenvalue weighted by Gasteiger charge is 2.32. The van der Waals surface area contributed by atoms with E-state index in [1.54, 1.807) is 25.1 Å². The summed E-state index contributed by atoms with van der Waals surface area (Å²) in [5, 5.41) is 8.94. The predicted molar refractivity (Wildman–Crippen MR) is 78.0 cm³/mol. The van der Waals surface area contributed by atoms with Crippen molar-refractivity contribution in [2.45, 2.75) is 37.1 Å². The molecule has 110 valence electrons. The number of rotatable bonds is 4. The van der Waals surface area contributed by atoms with Gasteiger partial charge in [-0.15, -0.1) is 0 Å². The Morgan fingerprint density at radius 2 is 2.10 bits per heavy atom.